The Kier molecular flexibility index (Phi) is 3.37. The van der Waals surface area contributed by atoms with E-state index < -0.39 is 0 Å². The lowest BCUT2D eigenvalue weighted by Gasteiger charge is -2.41. The third-order valence-corrected chi connectivity index (χ3v) is 4.78. The van der Waals surface area contributed by atoms with Crippen LogP contribution in [0.4, 0.5) is 0 Å². The Bertz CT molecular complexity index is 286. The molecule has 3 nitrogen and oxygen atoms in total. The first-order valence-electron chi connectivity index (χ1n) is 7.36. The quantitative estimate of drug-likeness (QED) is 0.737. The lowest BCUT2D eigenvalue weighted by atomic mass is 9.84. The number of ether oxygens (including phenoxy) is 1. The van der Waals surface area contributed by atoms with Crippen LogP contribution in [0.5, 0.6) is 0 Å². The van der Waals surface area contributed by atoms with Gasteiger partial charge in [-0.05, 0) is 44.9 Å². The van der Waals surface area contributed by atoms with Gasteiger partial charge in [-0.1, -0.05) is 0 Å². The van der Waals surface area contributed by atoms with Crippen LogP contribution in [-0.4, -0.2) is 31.7 Å². The highest BCUT2D eigenvalue weighted by Crippen LogP contribution is 2.30. The van der Waals surface area contributed by atoms with Crippen molar-refractivity contribution < 1.29 is 14.4 Å². The number of esters is 1. The molecule has 0 spiro atoms. The molecule has 0 radical (unpaired) electrons. The number of nitrogens with one attached hydrogen (secondary N) is 1. The molecule has 1 aliphatic carbocycles. The van der Waals surface area contributed by atoms with Gasteiger partial charge in [0, 0.05) is 5.92 Å². The zero-order valence-corrected chi connectivity index (χ0v) is 10.6. The highest BCUT2D eigenvalue weighted by Gasteiger charge is 2.38. The Labute approximate surface area is 104 Å². The van der Waals surface area contributed by atoms with Crippen LogP contribution in [0.15, 0.2) is 0 Å². The molecule has 3 fully saturated rings. The van der Waals surface area contributed by atoms with Crippen molar-refractivity contribution in [2.24, 2.45) is 11.8 Å². The van der Waals surface area contributed by atoms with Crippen molar-refractivity contribution in [3.8, 4) is 0 Å². The average Bonchev–Trinajstić information content (AvgIpc) is 3.20. The third kappa shape index (κ3) is 2.65. The lowest BCUT2D eigenvalue weighted by molar-refractivity contribution is -0.940. The molecule has 17 heavy (non-hydrogen) atoms. The van der Waals surface area contributed by atoms with Crippen LogP contribution in [0, 0.1) is 11.8 Å². The predicted molar refractivity (Wildman–Crippen MR) is 64.7 cm³/mol. The lowest BCUT2D eigenvalue weighted by Crippen LogP contribution is -3.18. The Hall–Kier alpha value is -0.570. The highest BCUT2D eigenvalue weighted by molar-refractivity contribution is 5.74. The van der Waals surface area contributed by atoms with Gasteiger partial charge in [-0.3, -0.25) is 4.79 Å². The van der Waals surface area contributed by atoms with Crippen LogP contribution in [-0.2, 0) is 9.53 Å². The zero-order chi connectivity index (χ0) is 11.7. The minimum absolute atomic E-state index is 0.0768. The van der Waals surface area contributed by atoms with Gasteiger partial charge >= 0.3 is 5.97 Å². The van der Waals surface area contributed by atoms with E-state index in [1.807, 2.05) is 0 Å². The van der Waals surface area contributed by atoms with Gasteiger partial charge in [-0.15, -0.1) is 0 Å². The van der Waals surface area contributed by atoms with Crippen molar-refractivity contribution in [1.29, 1.82) is 0 Å². The molecule has 1 saturated carbocycles. The molecule has 3 atom stereocenters. The number of carbonyl (C=O) groups excluding carboxylic acids is 1. The minimum Gasteiger partial charge on any atom is -0.465 e. The van der Waals surface area contributed by atoms with E-state index in [1.54, 1.807) is 4.90 Å². The van der Waals surface area contributed by atoms with Crippen LogP contribution < -0.4 is 4.90 Å². The maximum atomic E-state index is 11.6. The molecule has 0 amide bonds. The molecule has 96 valence electrons. The van der Waals surface area contributed by atoms with Crippen molar-refractivity contribution in [2.45, 2.75) is 51.0 Å². The van der Waals surface area contributed by atoms with E-state index in [9.17, 15) is 4.79 Å². The molecular formula is C14H24NO2+. The van der Waals surface area contributed by atoms with E-state index >= 15 is 0 Å². The molecule has 2 saturated heterocycles. The van der Waals surface area contributed by atoms with Gasteiger partial charge in [0.2, 0.25) is 0 Å². The molecule has 1 N–H and O–H groups in total. The number of hydrogen-bond donors (Lipinski definition) is 1. The Morgan fingerprint density at radius 3 is 2.71 bits per heavy atom. The van der Waals surface area contributed by atoms with Gasteiger partial charge < -0.3 is 9.64 Å². The van der Waals surface area contributed by atoms with E-state index in [-0.39, 0.29) is 11.9 Å². The van der Waals surface area contributed by atoms with Crippen LogP contribution in [0.2, 0.25) is 0 Å². The summed E-state index contributed by atoms with van der Waals surface area (Å²) in [5, 5.41) is 0. The highest BCUT2D eigenvalue weighted by atomic mass is 16.5. The summed E-state index contributed by atoms with van der Waals surface area (Å²) in [4.78, 5) is 13.4. The molecule has 2 heterocycles. The Morgan fingerprint density at radius 1 is 1.06 bits per heavy atom. The second-order valence-electron chi connectivity index (χ2n) is 6.07. The van der Waals surface area contributed by atoms with E-state index in [2.05, 4.69) is 0 Å². The summed E-state index contributed by atoms with van der Waals surface area (Å²) >= 11 is 0. The Morgan fingerprint density at radius 2 is 1.88 bits per heavy atom. The van der Waals surface area contributed by atoms with Crippen LogP contribution in [0.25, 0.3) is 0 Å². The van der Waals surface area contributed by atoms with E-state index in [0.717, 1.165) is 18.9 Å². The number of piperidine rings is 2. The standard InChI is InChI=1S/C14H23NO2/c16-14(11-6-7-11)17-10-12-4-3-9-15-8-2-1-5-13(12)15/h11-13H,1-10H2/p+1/t12-,13+/m0/s1. The smallest absolute Gasteiger partial charge is 0.308 e. The first-order valence-corrected chi connectivity index (χ1v) is 7.36. The van der Waals surface area contributed by atoms with Gasteiger partial charge in [0.25, 0.3) is 0 Å². The summed E-state index contributed by atoms with van der Waals surface area (Å²) < 4.78 is 5.50. The number of rotatable bonds is 3. The van der Waals surface area contributed by atoms with Gasteiger partial charge in [0.05, 0.1) is 31.7 Å². The summed E-state index contributed by atoms with van der Waals surface area (Å²) in [5.74, 6) is 0.975. The van der Waals surface area contributed by atoms with Crippen molar-refractivity contribution in [3.63, 3.8) is 0 Å². The Balaban J connectivity index is 1.51. The van der Waals surface area contributed by atoms with Gasteiger partial charge in [0.15, 0.2) is 0 Å². The summed E-state index contributed by atoms with van der Waals surface area (Å²) in [5.41, 5.74) is 0. The fraction of sp³-hybridized carbons (Fsp3) is 0.929. The SMILES string of the molecule is O=C(OC[C@@H]1CCC[NH+]2CCCC[C@H]12)C1CC1. The molecule has 3 aliphatic rings. The zero-order valence-electron chi connectivity index (χ0n) is 10.6. The number of carbonyl (C=O) groups is 1. The largest absolute Gasteiger partial charge is 0.465 e. The third-order valence-electron chi connectivity index (χ3n) is 4.78. The van der Waals surface area contributed by atoms with E-state index in [0.29, 0.717) is 12.5 Å². The fourth-order valence-electron chi connectivity index (χ4n) is 3.60. The molecule has 2 aliphatic heterocycles. The maximum Gasteiger partial charge on any atom is 0.308 e. The fourth-order valence-corrected chi connectivity index (χ4v) is 3.60. The summed E-state index contributed by atoms with van der Waals surface area (Å²) in [6.45, 7) is 3.39. The molecular weight excluding hydrogens is 214 g/mol. The molecule has 0 aromatic carbocycles. The molecule has 3 heteroatoms. The van der Waals surface area contributed by atoms with Gasteiger partial charge in [-0.2, -0.15) is 0 Å². The van der Waals surface area contributed by atoms with Crippen molar-refractivity contribution in [1.82, 2.24) is 0 Å². The molecule has 3 rings (SSSR count). The van der Waals surface area contributed by atoms with E-state index in [1.165, 1.54) is 45.2 Å². The van der Waals surface area contributed by atoms with Gasteiger partial charge in [-0.25, -0.2) is 0 Å². The summed E-state index contributed by atoms with van der Waals surface area (Å²) in [7, 11) is 0. The number of fused-ring (bicyclic) bond motifs is 1. The first-order chi connectivity index (χ1) is 8.34. The minimum atomic E-state index is 0.0768. The van der Waals surface area contributed by atoms with E-state index in [4.69, 9.17) is 4.74 Å². The normalized spacial score (nSPS) is 37.3. The van der Waals surface area contributed by atoms with Crippen molar-refractivity contribution in [3.05, 3.63) is 0 Å². The molecule has 0 aromatic heterocycles. The second-order valence-corrected chi connectivity index (χ2v) is 6.07. The van der Waals surface area contributed by atoms with Crippen LogP contribution in [0.1, 0.15) is 44.9 Å². The maximum absolute atomic E-state index is 11.6. The van der Waals surface area contributed by atoms with Crippen molar-refractivity contribution >= 4 is 5.97 Å². The monoisotopic (exact) mass is 238 g/mol. The first kappa shape index (κ1) is 11.5. The predicted octanol–water partition coefficient (Wildman–Crippen LogP) is 0.787. The molecule has 0 bridgehead atoms. The number of hydrogen-bond acceptors (Lipinski definition) is 2. The molecule has 0 aromatic rings. The van der Waals surface area contributed by atoms with Crippen LogP contribution >= 0.6 is 0 Å². The molecule has 1 unspecified atom stereocenters. The summed E-state index contributed by atoms with van der Waals surface area (Å²) in [6.07, 6.45) is 8.82. The topological polar surface area (TPSA) is 30.7 Å². The summed E-state index contributed by atoms with van der Waals surface area (Å²) in [6, 6.07) is 0.782. The second kappa shape index (κ2) is 4.97. The van der Waals surface area contributed by atoms with Crippen molar-refractivity contribution in [2.75, 3.05) is 19.7 Å². The number of quaternary nitrogens is 1. The van der Waals surface area contributed by atoms with Crippen LogP contribution in [0.3, 0.4) is 0 Å². The van der Waals surface area contributed by atoms with Gasteiger partial charge in [0.1, 0.15) is 0 Å². The average molecular weight is 238 g/mol.